The molecule has 0 saturated carbocycles. The topological polar surface area (TPSA) is 75.7 Å². The largest absolute Gasteiger partial charge is 0.494 e. The molecule has 0 bridgehead atoms. The maximum atomic E-state index is 12.8. The molecule has 0 aliphatic heterocycles. The van der Waals surface area contributed by atoms with Gasteiger partial charge in [0, 0.05) is 26.2 Å². The number of rotatable bonds is 8. The van der Waals surface area contributed by atoms with Crippen molar-refractivity contribution in [2.24, 2.45) is 0 Å². The Hall–Kier alpha value is -2.45. The standard InChI is InChI=1S/C18H21FN2O4S/c1-21(2)26(23,24)17-11-7-15(8-12-17)20-18(22)4-3-13-25-16-9-5-14(19)6-10-16/h5-12H,3-4,13H2,1-2H3,(H,20,22). The van der Waals surface area contributed by atoms with Gasteiger partial charge in [-0.25, -0.2) is 17.1 Å². The zero-order valence-electron chi connectivity index (χ0n) is 14.6. The van der Waals surface area contributed by atoms with Crippen molar-refractivity contribution in [2.45, 2.75) is 17.7 Å². The Labute approximate surface area is 152 Å². The van der Waals surface area contributed by atoms with Crippen LogP contribution in [-0.2, 0) is 14.8 Å². The van der Waals surface area contributed by atoms with Gasteiger partial charge in [0.05, 0.1) is 11.5 Å². The minimum absolute atomic E-state index is 0.160. The van der Waals surface area contributed by atoms with Crippen molar-refractivity contribution in [1.29, 1.82) is 0 Å². The van der Waals surface area contributed by atoms with Crippen molar-refractivity contribution >= 4 is 21.6 Å². The predicted molar refractivity (Wildman–Crippen MR) is 97.1 cm³/mol. The fourth-order valence-electron chi connectivity index (χ4n) is 2.10. The van der Waals surface area contributed by atoms with Gasteiger partial charge in [0.25, 0.3) is 0 Å². The summed E-state index contributed by atoms with van der Waals surface area (Å²) in [6, 6.07) is 11.7. The number of anilines is 1. The van der Waals surface area contributed by atoms with Crippen LogP contribution in [0.15, 0.2) is 53.4 Å². The van der Waals surface area contributed by atoms with E-state index in [4.69, 9.17) is 4.74 Å². The Kier molecular flexibility index (Phi) is 6.70. The lowest BCUT2D eigenvalue weighted by atomic mass is 10.2. The summed E-state index contributed by atoms with van der Waals surface area (Å²) in [5, 5.41) is 2.70. The Morgan fingerprint density at radius 3 is 2.27 bits per heavy atom. The van der Waals surface area contributed by atoms with E-state index in [1.165, 1.54) is 50.5 Å². The summed E-state index contributed by atoms with van der Waals surface area (Å²) in [7, 11) is -0.573. The second-order valence-electron chi connectivity index (χ2n) is 5.77. The van der Waals surface area contributed by atoms with Gasteiger partial charge in [-0.1, -0.05) is 0 Å². The van der Waals surface area contributed by atoms with Crippen LogP contribution in [0.2, 0.25) is 0 Å². The van der Waals surface area contributed by atoms with Crippen LogP contribution >= 0.6 is 0 Å². The molecule has 1 N–H and O–H groups in total. The molecule has 0 heterocycles. The average molecular weight is 380 g/mol. The van der Waals surface area contributed by atoms with Gasteiger partial charge in [-0.05, 0) is 55.0 Å². The summed E-state index contributed by atoms with van der Waals surface area (Å²) in [6.07, 6.45) is 0.745. The smallest absolute Gasteiger partial charge is 0.242 e. The molecule has 0 atom stereocenters. The van der Waals surface area contributed by atoms with Crippen molar-refractivity contribution in [3.05, 3.63) is 54.3 Å². The zero-order chi connectivity index (χ0) is 19.2. The number of nitrogens with one attached hydrogen (secondary N) is 1. The molecule has 2 aromatic rings. The molecule has 0 aromatic heterocycles. The fraction of sp³-hybridized carbons (Fsp3) is 0.278. The van der Waals surface area contributed by atoms with Gasteiger partial charge >= 0.3 is 0 Å². The first-order valence-electron chi connectivity index (χ1n) is 8.00. The van der Waals surface area contributed by atoms with Crippen molar-refractivity contribution < 1.29 is 22.3 Å². The Morgan fingerprint density at radius 2 is 1.69 bits per heavy atom. The second-order valence-corrected chi connectivity index (χ2v) is 7.92. The number of carbonyl (C=O) groups excluding carboxylic acids is 1. The molecule has 0 radical (unpaired) electrons. The molecule has 6 nitrogen and oxygen atoms in total. The van der Waals surface area contributed by atoms with E-state index in [0.717, 1.165) is 4.31 Å². The molecular formula is C18H21FN2O4S. The van der Waals surface area contributed by atoms with Gasteiger partial charge in [-0.3, -0.25) is 4.79 Å². The van der Waals surface area contributed by atoms with Crippen LogP contribution in [0.4, 0.5) is 10.1 Å². The van der Waals surface area contributed by atoms with Gasteiger partial charge in [0.2, 0.25) is 15.9 Å². The number of nitrogens with zero attached hydrogens (tertiary/aromatic N) is 1. The van der Waals surface area contributed by atoms with E-state index in [1.54, 1.807) is 12.1 Å². The summed E-state index contributed by atoms with van der Waals surface area (Å²) >= 11 is 0. The third kappa shape index (κ3) is 5.53. The number of hydrogen-bond acceptors (Lipinski definition) is 4. The van der Waals surface area contributed by atoms with Crippen LogP contribution in [-0.4, -0.2) is 39.3 Å². The number of sulfonamides is 1. The minimum atomic E-state index is -3.49. The van der Waals surface area contributed by atoms with Gasteiger partial charge in [0.1, 0.15) is 11.6 Å². The summed E-state index contributed by atoms with van der Waals surface area (Å²) in [5.41, 5.74) is 0.521. The lowest BCUT2D eigenvalue weighted by Gasteiger charge is -2.12. The minimum Gasteiger partial charge on any atom is -0.494 e. The maximum Gasteiger partial charge on any atom is 0.242 e. The second kappa shape index (κ2) is 8.77. The number of carbonyl (C=O) groups is 1. The normalized spacial score (nSPS) is 11.4. The molecule has 8 heteroatoms. The van der Waals surface area contributed by atoms with Crippen molar-refractivity contribution in [3.8, 4) is 5.75 Å². The van der Waals surface area contributed by atoms with E-state index >= 15 is 0 Å². The summed E-state index contributed by atoms with van der Waals surface area (Å²) in [6.45, 7) is 0.332. The van der Waals surface area contributed by atoms with Crippen LogP contribution < -0.4 is 10.1 Å². The molecule has 140 valence electrons. The maximum absolute atomic E-state index is 12.8. The fourth-order valence-corrected chi connectivity index (χ4v) is 3.00. The SMILES string of the molecule is CN(C)S(=O)(=O)c1ccc(NC(=O)CCCOc2ccc(F)cc2)cc1. The Balaban J connectivity index is 1.78. The van der Waals surface area contributed by atoms with Gasteiger partial charge in [-0.2, -0.15) is 0 Å². The molecule has 0 saturated heterocycles. The van der Waals surface area contributed by atoms with E-state index in [0.29, 0.717) is 24.5 Å². The Morgan fingerprint density at radius 1 is 1.08 bits per heavy atom. The lowest BCUT2D eigenvalue weighted by Crippen LogP contribution is -2.22. The number of ether oxygens (including phenoxy) is 1. The van der Waals surface area contributed by atoms with E-state index in [9.17, 15) is 17.6 Å². The third-order valence-corrected chi connectivity index (χ3v) is 5.38. The van der Waals surface area contributed by atoms with Crippen LogP contribution in [0, 0.1) is 5.82 Å². The summed E-state index contributed by atoms with van der Waals surface area (Å²) in [4.78, 5) is 12.1. The lowest BCUT2D eigenvalue weighted by molar-refractivity contribution is -0.116. The molecule has 2 aromatic carbocycles. The van der Waals surface area contributed by atoms with Gasteiger partial charge in [0.15, 0.2) is 0 Å². The average Bonchev–Trinajstić information content (AvgIpc) is 2.60. The molecule has 0 unspecified atom stereocenters. The highest BCUT2D eigenvalue weighted by Crippen LogP contribution is 2.17. The zero-order valence-corrected chi connectivity index (χ0v) is 15.4. The van der Waals surface area contributed by atoms with Crippen LogP contribution in [0.5, 0.6) is 5.75 Å². The first-order chi connectivity index (χ1) is 12.3. The number of benzene rings is 2. The number of amides is 1. The highest BCUT2D eigenvalue weighted by molar-refractivity contribution is 7.89. The van der Waals surface area contributed by atoms with Crippen molar-refractivity contribution in [3.63, 3.8) is 0 Å². The molecule has 0 aliphatic carbocycles. The monoisotopic (exact) mass is 380 g/mol. The molecular weight excluding hydrogens is 359 g/mol. The van der Waals surface area contributed by atoms with Gasteiger partial charge < -0.3 is 10.1 Å². The number of hydrogen-bond donors (Lipinski definition) is 1. The van der Waals surface area contributed by atoms with Crippen molar-refractivity contribution in [2.75, 3.05) is 26.0 Å². The molecule has 0 spiro atoms. The number of halogens is 1. The van der Waals surface area contributed by atoms with Crippen LogP contribution in [0.1, 0.15) is 12.8 Å². The van der Waals surface area contributed by atoms with E-state index in [-0.39, 0.29) is 23.0 Å². The quantitative estimate of drug-likeness (QED) is 0.715. The summed E-state index contributed by atoms with van der Waals surface area (Å²) < 4.78 is 43.3. The van der Waals surface area contributed by atoms with Crippen LogP contribution in [0.25, 0.3) is 0 Å². The predicted octanol–water partition coefficient (Wildman–Crippen LogP) is 2.87. The highest BCUT2D eigenvalue weighted by Gasteiger charge is 2.16. The molecule has 2 rings (SSSR count). The molecule has 1 amide bonds. The highest BCUT2D eigenvalue weighted by atomic mass is 32.2. The van der Waals surface area contributed by atoms with Gasteiger partial charge in [-0.15, -0.1) is 0 Å². The van der Waals surface area contributed by atoms with Crippen LogP contribution in [0.3, 0.4) is 0 Å². The van der Waals surface area contributed by atoms with Crippen molar-refractivity contribution in [1.82, 2.24) is 4.31 Å². The van der Waals surface area contributed by atoms with E-state index in [2.05, 4.69) is 5.32 Å². The Bertz CT molecular complexity index is 834. The molecule has 0 fully saturated rings. The summed E-state index contributed by atoms with van der Waals surface area (Å²) in [5.74, 6) is 0.0153. The first kappa shape index (κ1) is 19.9. The molecule has 0 aliphatic rings. The molecule has 26 heavy (non-hydrogen) atoms. The first-order valence-corrected chi connectivity index (χ1v) is 9.44. The third-order valence-electron chi connectivity index (χ3n) is 3.55. The van der Waals surface area contributed by atoms with E-state index < -0.39 is 10.0 Å². The van der Waals surface area contributed by atoms with E-state index in [1.807, 2.05) is 0 Å².